The molecule has 23 heavy (non-hydrogen) atoms. The smallest absolute Gasteiger partial charge is 0.306 e. The molecule has 0 aromatic carbocycles. The largest absolute Gasteiger partial charge is 0.467 e. The van der Waals surface area contributed by atoms with Crippen LogP contribution in [0.3, 0.4) is 0 Å². The molecule has 0 N–H and O–H groups in total. The van der Waals surface area contributed by atoms with Crippen molar-refractivity contribution >= 4 is 24.0 Å². The van der Waals surface area contributed by atoms with Crippen LogP contribution in [0.5, 0.6) is 0 Å². The number of esters is 1. The lowest BCUT2D eigenvalue weighted by atomic mass is 9.72. The van der Waals surface area contributed by atoms with Crippen LogP contribution in [0.25, 0.3) is 0 Å². The van der Waals surface area contributed by atoms with Crippen LogP contribution in [0, 0.1) is 5.41 Å². The molecule has 1 aliphatic rings. The van der Waals surface area contributed by atoms with Crippen molar-refractivity contribution in [2.45, 2.75) is 59.5 Å². The third-order valence-electron chi connectivity index (χ3n) is 4.38. The Morgan fingerprint density at radius 3 is 2.48 bits per heavy atom. The summed E-state index contributed by atoms with van der Waals surface area (Å²) in [5.74, 6) is -0.914. The summed E-state index contributed by atoms with van der Waals surface area (Å²) in [7, 11) is 0. The molecule has 1 atom stereocenters. The molecular formula is C17H24O6. The van der Waals surface area contributed by atoms with E-state index in [0.29, 0.717) is 12.0 Å². The summed E-state index contributed by atoms with van der Waals surface area (Å²) in [4.78, 5) is 45.5. The maximum Gasteiger partial charge on any atom is 0.306 e. The fourth-order valence-electron chi connectivity index (χ4n) is 2.54. The molecule has 0 heterocycles. The Balaban J connectivity index is 2.50. The van der Waals surface area contributed by atoms with Gasteiger partial charge in [-0.1, -0.05) is 19.4 Å². The van der Waals surface area contributed by atoms with E-state index < -0.39 is 12.1 Å². The maximum atomic E-state index is 12.2. The summed E-state index contributed by atoms with van der Waals surface area (Å²) < 4.78 is 9.70. The average Bonchev–Trinajstić information content (AvgIpc) is 2.49. The quantitative estimate of drug-likeness (QED) is 0.386. The number of allylic oxidation sites excluding steroid dienone is 1. The minimum Gasteiger partial charge on any atom is -0.467 e. The van der Waals surface area contributed by atoms with E-state index in [9.17, 15) is 19.2 Å². The van der Waals surface area contributed by atoms with Crippen molar-refractivity contribution in [2.24, 2.45) is 5.41 Å². The number of carbonyl (C=O) groups excluding carboxylic acids is 4. The summed E-state index contributed by atoms with van der Waals surface area (Å²) in [5, 5.41) is 0. The van der Waals surface area contributed by atoms with E-state index in [1.54, 1.807) is 6.92 Å². The minimum absolute atomic E-state index is 0.00987. The highest BCUT2D eigenvalue weighted by Gasteiger charge is 2.38. The molecule has 6 nitrogen and oxygen atoms in total. The molecule has 0 aliphatic heterocycles. The van der Waals surface area contributed by atoms with Gasteiger partial charge in [-0.25, -0.2) is 0 Å². The second-order valence-corrected chi connectivity index (χ2v) is 6.44. The molecular weight excluding hydrogens is 300 g/mol. The van der Waals surface area contributed by atoms with E-state index in [1.807, 2.05) is 20.8 Å². The average molecular weight is 324 g/mol. The third kappa shape index (κ3) is 5.30. The van der Waals surface area contributed by atoms with Crippen molar-refractivity contribution in [3.63, 3.8) is 0 Å². The summed E-state index contributed by atoms with van der Waals surface area (Å²) in [6.45, 7) is 7.97. The van der Waals surface area contributed by atoms with Gasteiger partial charge in [-0.05, 0) is 24.8 Å². The number of Topliss-reactive ketones (excluding diaryl/α,β-unsaturated/α-hetero) is 2. The Labute approximate surface area is 136 Å². The lowest BCUT2D eigenvalue weighted by Crippen LogP contribution is -2.38. The Morgan fingerprint density at radius 1 is 1.22 bits per heavy atom. The normalized spacial score (nSPS) is 20.2. The molecule has 0 aromatic heterocycles. The topological polar surface area (TPSA) is 86.7 Å². The lowest BCUT2D eigenvalue weighted by Gasteiger charge is -2.36. The SMILES string of the molecule is CC1=C(C)C(C)(C)CC(OC(=O)CCC(=O)CCOC=O)C1=O. The number of hydrogen-bond acceptors (Lipinski definition) is 6. The van der Waals surface area contributed by atoms with E-state index in [1.165, 1.54) is 0 Å². The molecule has 6 heteroatoms. The number of rotatable bonds is 8. The van der Waals surface area contributed by atoms with Gasteiger partial charge in [-0.3, -0.25) is 19.2 Å². The van der Waals surface area contributed by atoms with Crippen molar-refractivity contribution in [2.75, 3.05) is 6.61 Å². The van der Waals surface area contributed by atoms with Gasteiger partial charge < -0.3 is 9.47 Å². The highest BCUT2D eigenvalue weighted by atomic mass is 16.5. The molecule has 1 rings (SSSR count). The van der Waals surface area contributed by atoms with Gasteiger partial charge in [0.1, 0.15) is 5.78 Å². The first kappa shape index (κ1) is 19.1. The van der Waals surface area contributed by atoms with Crippen molar-refractivity contribution in [1.82, 2.24) is 0 Å². The van der Waals surface area contributed by atoms with Gasteiger partial charge >= 0.3 is 5.97 Å². The van der Waals surface area contributed by atoms with Crippen LogP contribution in [0.2, 0.25) is 0 Å². The first-order valence-corrected chi connectivity index (χ1v) is 7.67. The van der Waals surface area contributed by atoms with Gasteiger partial charge in [-0.2, -0.15) is 0 Å². The standard InChI is InChI=1S/C17H24O6/c1-11-12(2)17(3,4)9-14(16(11)21)23-15(20)6-5-13(19)7-8-22-10-18/h10,14H,5-9H2,1-4H3. The summed E-state index contributed by atoms with van der Waals surface area (Å²) in [6.07, 6.45) is -0.329. The zero-order chi connectivity index (χ0) is 17.6. The number of ether oxygens (including phenoxy) is 2. The van der Waals surface area contributed by atoms with E-state index in [4.69, 9.17) is 4.74 Å². The van der Waals surface area contributed by atoms with Crippen molar-refractivity contribution in [1.29, 1.82) is 0 Å². The molecule has 0 spiro atoms. The van der Waals surface area contributed by atoms with Crippen LogP contribution in [0.1, 0.15) is 53.4 Å². The molecule has 1 aliphatic carbocycles. The lowest BCUT2D eigenvalue weighted by molar-refractivity contribution is -0.156. The molecule has 0 radical (unpaired) electrons. The molecule has 128 valence electrons. The van der Waals surface area contributed by atoms with Gasteiger partial charge in [0.2, 0.25) is 0 Å². The predicted octanol–water partition coefficient (Wildman–Crippen LogP) is 2.15. The zero-order valence-corrected chi connectivity index (χ0v) is 14.1. The Hall–Kier alpha value is -1.98. The van der Waals surface area contributed by atoms with Gasteiger partial charge in [-0.15, -0.1) is 0 Å². The highest BCUT2D eigenvalue weighted by molar-refractivity contribution is 6.01. The van der Waals surface area contributed by atoms with Crippen LogP contribution in [0.4, 0.5) is 0 Å². The van der Waals surface area contributed by atoms with Gasteiger partial charge in [0.15, 0.2) is 11.9 Å². The monoisotopic (exact) mass is 324 g/mol. The fourth-order valence-corrected chi connectivity index (χ4v) is 2.54. The summed E-state index contributed by atoms with van der Waals surface area (Å²) in [5.41, 5.74) is 1.45. The molecule has 0 bridgehead atoms. The molecule has 0 saturated carbocycles. The van der Waals surface area contributed by atoms with Crippen LogP contribution >= 0.6 is 0 Å². The van der Waals surface area contributed by atoms with Crippen LogP contribution in [0.15, 0.2) is 11.1 Å². The zero-order valence-electron chi connectivity index (χ0n) is 14.1. The summed E-state index contributed by atoms with van der Waals surface area (Å²) >= 11 is 0. The van der Waals surface area contributed by atoms with Gasteiger partial charge in [0.25, 0.3) is 6.47 Å². The van der Waals surface area contributed by atoms with E-state index in [0.717, 1.165) is 5.57 Å². The Bertz CT molecular complexity index is 529. The molecule has 0 fully saturated rings. The number of carbonyl (C=O) groups is 4. The van der Waals surface area contributed by atoms with Crippen molar-refractivity contribution in [3.05, 3.63) is 11.1 Å². The van der Waals surface area contributed by atoms with Gasteiger partial charge in [0, 0.05) is 19.3 Å². The summed E-state index contributed by atoms with van der Waals surface area (Å²) in [6, 6.07) is 0. The molecule has 1 unspecified atom stereocenters. The maximum absolute atomic E-state index is 12.2. The van der Waals surface area contributed by atoms with Gasteiger partial charge in [0.05, 0.1) is 13.0 Å². The van der Waals surface area contributed by atoms with Crippen LogP contribution in [-0.2, 0) is 28.7 Å². The fraction of sp³-hybridized carbons (Fsp3) is 0.647. The predicted molar refractivity (Wildman–Crippen MR) is 82.5 cm³/mol. The Kier molecular flexibility index (Phi) is 6.66. The molecule has 0 saturated heterocycles. The van der Waals surface area contributed by atoms with Crippen LogP contribution in [-0.4, -0.2) is 36.7 Å². The number of hydrogen-bond donors (Lipinski definition) is 0. The first-order chi connectivity index (χ1) is 10.7. The first-order valence-electron chi connectivity index (χ1n) is 7.67. The second kappa shape index (κ2) is 8.04. The van der Waals surface area contributed by atoms with E-state index in [-0.39, 0.29) is 49.3 Å². The molecule has 0 amide bonds. The second-order valence-electron chi connectivity index (χ2n) is 6.44. The number of ketones is 2. The van der Waals surface area contributed by atoms with Crippen LogP contribution < -0.4 is 0 Å². The third-order valence-corrected chi connectivity index (χ3v) is 4.38. The van der Waals surface area contributed by atoms with E-state index >= 15 is 0 Å². The Morgan fingerprint density at radius 2 is 1.87 bits per heavy atom. The van der Waals surface area contributed by atoms with Crippen molar-refractivity contribution in [3.8, 4) is 0 Å². The highest BCUT2D eigenvalue weighted by Crippen LogP contribution is 2.39. The minimum atomic E-state index is -0.783. The van der Waals surface area contributed by atoms with E-state index in [2.05, 4.69) is 4.74 Å². The van der Waals surface area contributed by atoms with Crippen molar-refractivity contribution < 1.29 is 28.7 Å². The molecule has 0 aromatic rings.